The van der Waals surface area contributed by atoms with E-state index in [0.29, 0.717) is 48.3 Å². The molecule has 6 heteroatoms. The number of nitrogens with two attached hydrogens (primary N) is 1. The maximum absolute atomic E-state index is 10.5. The second kappa shape index (κ2) is 9.10. The zero-order valence-corrected chi connectivity index (χ0v) is 13.6. The molecule has 2 unspecified atom stereocenters. The van der Waals surface area contributed by atoms with Gasteiger partial charge in [0.15, 0.2) is 11.5 Å². The van der Waals surface area contributed by atoms with Gasteiger partial charge < -0.3 is 25.6 Å². The molecule has 2 atom stereocenters. The molecule has 120 valence electrons. The highest BCUT2D eigenvalue weighted by Gasteiger charge is 2.23. The number of halogens is 1. The van der Waals surface area contributed by atoms with Crippen LogP contribution in [0.1, 0.15) is 31.9 Å². The number of nitrogens with one attached hydrogen (secondary N) is 1. The summed E-state index contributed by atoms with van der Waals surface area (Å²) < 4.78 is 11.1. The Labute approximate surface area is 131 Å². The van der Waals surface area contributed by atoms with Gasteiger partial charge in [-0.3, -0.25) is 0 Å². The SMILES string of the molecule is CCOc1cc(Cl)c(C(O)C(CCN)NC)cc1OCC. The highest BCUT2D eigenvalue weighted by atomic mass is 35.5. The van der Waals surface area contributed by atoms with Gasteiger partial charge in [0.1, 0.15) is 0 Å². The quantitative estimate of drug-likeness (QED) is 0.650. The number of ether oxygens (including phenoxy) is 2. The van der Waals surface area contributed by atoms with Crippen molar-refractivity contribution in [2.75, 3.05) is 26.8 Å². The van der Waals surface area contributed by atoms with Gasteiger partial charge in [-0.25, -0.2) is 0 Å². The summed E-state index contributed by atoms with van der Waals surface area (Å²) in [5.41, 5.74) is 6.18. The topological polar surface area (TPSA) is 76.7 Å². The third-order valence-electron chi connectivity index (χ3n) is 3.21. The molecular formula is C15H25ClN2O3. The summed E-state index contributed by atoms with van der Waals surface area (Å²) in [6, 6.07) is 3.26. The van der Waals surface area contributed by atoms with E-state index in [4.69, 9.17) is 26.8 Å². The fourth-order valence-electron chi connectivity index (χ4n) is 2.17. The van der Waals surface area contributed by atoms with E-state index in [1.165, 1.54) is 0 Å². The lowest BCUT2D eigenvalue weighted by Crippen LogP contribution is -2.34. The third-order valence-corrected chi connectivity index (χ3v) is 3.54. The van der Waals surface area contributed by atoms with Crippen molar-refractivity contribution in [2.24, 2.45) is 5.73 Å². The molecule has 0 spiro atoms. The number of aliphatic hydroxyl groups is 1. The lowest BCUT2D eigenvalue weighted by atomic mass is 9.99. The molecule has 1 aromatic rings. The van der Waals surface area contributed by atoms with E-state index in [-0.39, 0.29) is 6.04 Å². The lowest BCUT2D eigenvalue weighted by molar-refractivity contribution is 0.128. The van der Waals surface area contributed by atoms with Gasteiger partial charge in [-0.1, -0.05) is 11.6 Å². The van der Waals surface area contributed by atoms with E-state index >= 15 is 0 Å². The Kier molecular flexibility index (Phi) is 7.82. The molecule has 0 aliphatic carbocycles. The van der Waals surface area contributed by atoms with Crippen molar-refractivity contribution >= 4 is 11.6 Å². The smallest absolute Gasteiger partial charge is 0.162 e. The van der Waals surface area contributed by atoms with Crippen LogP contribution in [-0.2, 0) is 0 Å². The number of benzene rings is 1. The summed E-state index contributed by atoms with van der Waals surface area (Å²) in [6.45, 7) is 5.30. The number of hydrogen-bond acceptors (Lipinski definition) is 5. The molecule has 0 aliphatic heterocycles. The Hall–Kier alpha value is -1.01. The van der Waals surface area contributed by atoms with Gasteiger partial charge in [0.05, 0.1) is 24.3 Å². The maximum Gasteiger partial charge on any atom is 0.162 e. The molecule has 21 heavy (non-hydrogen) atoms. The second-order valence-electron chi connectivity index (χ2n) is 4.60. The minimum absolute atomic E-state index is 0.167. The Balaban J connectivity index is 3.13. The van der Waals surface area contributed by atoms with Crippen molar-refractivity contribution in [2.45, 2.75) is 32.4 Å². The minimum Gasteiger partial charge on any atom is -0.490 e. The van der Waals surface area contributed by atoms with Crippen LogP contribution in [0.5, 0.6) is 11.5 Å². The molecule has 0 saturated heterocycles. The summed E-state index contributed by atoms with van der Waals surface area (Å²) >= 11 is 6.28. The molecule has 0 fully saturated rings. The number of hydrogen-bond donors (Lipinski definition) is 3. The average molecular weight is 317 g/mol. The predicted octanol–water partition coefficient (Wildman–Crippen LogP) is 2.11. The van der Waals surface area contributed by atoms with Crippen molar-refractivity contribution in [1.29, 1.82) is 0 Å². The first kappa shape index (κ1) is 18.0. The van der Waals surface area contributed by atoms with Crippen LogP contribution < -0.4 is 20.5 Å². The van der Waals surface area contributed by atoms with Crippen LogP contribution in [0.25, 0.3) is 0 Å². The van der Waals surface area contributed by atoms with Crippen LogP contribution in [0.3, 0.4) is 0 Å². The molecule has 5 nitrogen and oxygen atoms in total. The number of likely N-dealkylation sites (N-methyl/N-ethyl adjacent to an activating group) is 1. The standard InChI is InChI=1S/C15H25ClN2O3/c1-4-20-13-8-10(11(16)9-14(13)21-5-2)15(19)12(18-3)6-7-17/h8-9,12,15,18-19H,4-7,17H2,1-3H3. The van der Waals surface area contributed by atoms with Crippen LogP contribution in [-0.4, -0.2) is 38.0 Å². The van der Waals surface area contributed by atoms with Gasteiger partial charge in [-0.2, -0.15) is 0 Å². The van der Waals surface area contributed by atoms with Crippen LogP contribution >= 0.6 is 11.6 Å². The average Bonchev–Trinajstić information content (AvgIpc) is 2.47. The fourth-order valence-corrected chi connectivity index (χ4v) is 2.44. The van der Waals surface area contributed by atoms with Crippen LogP contribution in [0.4, 0.5) is 0 Å². The molecule has 0 aromatic heterocycles. The third kappa shape index (κ3) is 4.74. The molecular weight excluding hydrogens is 292 g/mol. The molecule has 0 bridgehead atoms. The Morgan fingerprint density at radius 2 is 1.81 bits per heavy atom. The largest absolute Gasteiger partial charge is 0.490 e. The van der Waals surface area contributed by atoms with Gasteiger partial charge in [-0.05, 0) is 39.9 Å². The molecule has 0 amide bonds. The van der Waals surface area contributed by atoms with Gasteiger partial charge in [0, 0.05) is 17.7 Å². The maximum atomic E-state index is 10.5. The molecule has 1 aromatic carbocycles. The first-order chi connectivity index (χ1) is 10.1. The van der Waals surface area contributed by atoms with Crippen molar-refractivity contribution < 1.29 is 14.6 Å². The zero-order valence-electron chi connectivity index (χ0n) is 12.9. The van der Waals surface area contributed by atoms with Crippen molar-refractivity contribution in [1.82, 2.24) is 5.32 Å². The fraction of sp³-hybridized carbons (Fsp3) is 0.600. The lowest BCUT2D eigenvalue weighted by Gasteiger charge is -2.24. The normalized spacial score (nSPS) is 13.8. The van der Waals surface area contributed by atoms with Crippen LogP contribution in [0.15, 0.2) is 12.1 Å². The summed E-state index contributed by atoms with van der Waals surface area (Å²) in [5, 5.41) is 14.0. The van der Waals surface area contributed by atoms with E-state index in [9.17, 15) is 5.11 Å². The second-order valence-corrected chi connectivity index (χ2v) is 5.01. The Bertz CT molecular complexity index is 443. The summed E-state index contributed by atoms with van der Waals surface area (Å²) in [6.07, 6.45) is -0.119. The molecule has 0 saturated carbocycles. The summed E-state index contributed by atoms with van der Waals surface area (Å²) in [4.78, 5) is 0. The van der Waals surface area contributed by atoms with Crippen LogP contribution in [0.2, 0.25) is 5.02 Å². The van der Waals surface area contributed by atoms with Gasteiger partial charge in [0.25, 0.3) is 0 Å². The molecule has 1 rings (SSSR count). The molecule has 0 heterocycles. The van der Waals surface area contributed by atoms with Crippen LogP contribution in [0, 0.1) is 0 Å². The van der Waals surface area contributed by atoms with E-state index in [1.807, 2.05) is 13.8 Å². The zero-order chi connectivity index (χ0) is 15.8. The number of aliphatic hydroxyl groups excluding tert-OH is 1. The van der Waals surface area contributed by atoms with Gasteiger partial charge in [-0.15, -0.1) is 0 Å². The van der Waals surface area contributed by atoms with E-state index in [0.717, 1.165) is 0 Å². The molecule has 0 radical (unpaired) electrons. The first-order valence-electron chi connectivity index (χ1n) is 7.23. The highest BCUT2D eigenvalue weighted by Crippen LogP contribution is 2.37. The monoisotopic (exact) mass is 316 g/mol. The van der Waals surface area contributed by atoms with Gasteiger partial charge in [0.2, 0.25) is 0 Å². The summed E-state index contributed by atoms with van der Waals surface area (Å²) in [7, 11) is 1.79. The van der Waals surface area contributed by atoms with Crippen molar-refractivity contribution in [3.63, 3.8) is 0 Å². The number of rotatable bonds is 9. The Morgan fingerprint density at radius 3 is 2.29 bits per heavy atom. The predicted molar refractivity (Wildman–Crippen MR) is 85.3 cm³/mol. The highest BCUT2D eigenvalue weighted by molar-refractivity contribution is 6.31. The van der Waals surface area contributed by atoms with E-state index in [2.05, 4.69) is 5.32 Å². The first-order valence-corrected chi connectivity index (χ1v) is 7.61. The van der Waals surface area contributed by atoms with Crippen molar-refractivity contribution in [3.8, 4) is 11.5 Å². The van der Waals surface area contributed by atoms with Crippen molar-refractivity contribution in [3.05, 3.63) is 22.7 Å². The van der Waals surface area contributed by atoms with E-state index < -0.39 is 6.10 Å². The Morgan fingerprint density at radius 1 is 1.24 bits per heavy atom. The van der Waals surface area contributed by atoms with E-state index in [1.54, 1.807) is 19.2 Å². The summed E-state index contributed by atoms with van der Waals surface area (Å²) in [5.74, 6) is 1.17. The minimum atomic E-state index is -0.763. The molecule has 4 N–H and O–H groups in total. The molecule has 0 aliphatic rings. The van der Waals surface area contributed by atoms with Gasteiger partial charge >= 0.3 is 0 Å².